The molecule has 4 rings (SSSR count). The molecule has 0 amide bonds. The first-order valence-electron chi connectivity index (χ1n) is 9.26. The van der Waals surface area contributed by atoms with E-state index in [1.165, 1.54) is 21.8 Å². The third-order valence-electron chi connectivity index (χ3n) is 5.01. The van der Waals surface area contributed by atoms with Crippen LogP contribution in [-0.2, 0) is 13.0 Å². The number of unbranched alkanes of at least 4 members (excludes halogenated alkanes) is 1. The zero-order valence-corrected chi connectivity index (χ0v) is 15.0. The molecule has 0 aliphatic rings. The van der Waals surface area contributed by atoms with E-state index in [2.05, 4.69) is 59.2 Å². The number of nitro benzene ring substituents is 1. The minimum atomic E-state index is -0.355. The molecule has 0 unspecified atom stereocenters. The van der Waals surface area contributed by atoms with Gasteiger partial charge in [0.2, 0.25) is 11.0 Å². The second kappa shape index (κ2) is 7.54. The van der Waals surface area contributed by atoms with Crippen molar-refractivity contribution in [2.75, 3.05) is 0 Å². The minimum Gasteiger partial charge on any atom is -0.258 e. The third kappa shape index (κ3) is 3.65. The van der Waals surface area contributed by atoms with Crippen LogP contribution < -0.4 is 4.57 Å². The molecule has 0 spiro atoms. The monoisotopic (exact) mass is 357 g/mol. The Morgan fingerprint density at radius 2 is 1.37 bits per heavy atom. The average Bonchev–Trinajstić information content (AvgIpc) is 2.70. The number of nitro groups is 1. The van der Waals surface area contributed by atoms with E-state index >= 15 is 0 Å². The van der Waals surface area contributed by atoms with E-state index in [9.17, 15) is 10.1 Å². The average molecular weight is 357 g/mol. The molecule has 4 aromatic rings. The van der Waals surface area contributed by atoms with Crippen molar-refractivity contribution >= 4 is 27.5 Å². The Morgan fingerprint density at radius 1 is 0.778 bits per heavy atom. The van der Waals surface area contributed by atoms with Crippen LogP contribution in [0.25, 0.3) is 21.8 Å². The zero-order valence-electron chi connectivity index (χ0n) is 15.0. The summed E-state index contributed by atoms with van der Waals surface area (Å²) >= 11 is 0. The van der Waals surface area contributed by atoms with Gasteiger partial charge >= 0.3 is 0 Å². The second-order valence-electron chi connectivity index (χ2n) is 6.79. The lowest BCUT2D eigenvalue weighted by Crippen LogP contribution is -2.35. The Labute approximate surface area is 157 Å². The number of aryl methyl sites for hydroxylation is 2. The van der Waals surface area contributed by atoms with Gasteiger partial charge in [0.05, 0.1) is 4.92 Å². The van der Waals surface area contributed by atoms with Crippen molar-refractivity contribution in [3.63, 3.8) is 0 Å². The molecular weight excluding hydrogens is 336 g/mol. The number of hydrogen-bond acceptors (Lipinski definition) is 2. The Bertz CT molecular complexity index is 1050. The van der Waals surface area contributed by atoms with Gasteiger partial charge in [-0.3, -0.25) is 10.1 Å². The fourth-order valence-corrected chi connectivity index (χ4v) is 3.63. The summed E-state index contributed by atoms with van der Waals surface area (Å²) in [5.74, 6) is 0. The van der Waals surface area contributed by atoms with Crippen LogP contribution in [-0.4, -0.2) is 4.92 Å². The smallest absolute Gasteiger partial charge is 0.258 e. The predicted octanol–water partition coefficient (Wildman–Crippen LogP) is 5.21. The number of hydrogen-bond donors (Lipinski definition) is 0. The van der Waals surface area contributed by atoms with Crippen LogP contribution in [0, 0.1) is 10.1 Å². The van der Waals surface area contributed by atoms with Crippen molar-refractivity contribution in [2.45, 2.75) is 25.8 Å². The van der Waals surface area contributed by atoms with E-state index in [4.69, 9.17) is 0 Å². The number of aromatic nitrogens is 1. The standard InChI is InChI=1S/C23H21N2O2/c26-25(27)21-14-12-18(13-15-21)7-5-6-16-24-22-10-3-1-8-19(22)17-20-9-2-4-11-23(20)24/h1-4,8-15,17H,5-7,16H2/q+1. The molecule has 27 heavy (non-hydrogen) atoms. The maximum absolute atomic E-state index is 10.7. The van der Waals surface area contributed by atoms with E-state index in [1.807, 2.05) is 12.1 Å². The summed E-state index contributed by atoms with van der Waals surface area (Å²) in [4.78, 5) is 10.4. The molecule has 0 saturated carbocycles. The molecular formula is C23H21N2O2+. The number of fused-ring (bicyclic) bond motifs is 2. The summed E-state index contributed by atoms with van der Waals surface area (Å²) in [6, 6.07) is 26.2. The van der Waals surface area contributed by atoms with Gasteiger partial charge in [-0.05, 0) is 36.6 Å². The Morgan fingerprint density at radius 3 is 1.96 bits per heavy atom. The number of non-ortho nitro benzene ring substituents is 1. The molecule has 0 fully saturated rings. The summed E-state index contributed by atoms with van der Waals surface area (Å²) < 4.78 is 2.40. The minimum absolute atomic E-state index is 0.150. The molecule has 1 heterocycles. The van der Waals surface area contributed by atoms with Gasteiger partial charge in [0, 0.05) is 41.5 Å². The SMILES string of the molecule is O=[N+]([O-])c1ccc(CCCC[n+]2c3ccccc3cc3ccccc32)cc1. The zero-order chi connectivity index (χ0) is 18.6. The summed E-state index contributed by atoms with van der Waals surface area (Å²) in [6.07, 6.45) is 3.03. The van der Waals surface area contributed by atoms with Crippen LogP contribution in [0.15, 0.2) is 78.9 Å². The predicted molar refractivity (Wildman–Crippen MR) is 108 cm³/mol. The van der Waals surface area contributed by atoms with E-state index in [0.717, 1.165) is 31.4 Å². The van der Waals surface area contributed by atoms with E-state index < -0.39 is 0 Å². The first-order valence-corrected chi connectivity index (χ1v) is 9.26. The Hall–Kier alpha value is -3.27. The van der Waals surface area contributed by atoms with Crippen LogP contribution in [0.3, 0.4) is 0 Å². The molecule has 0 N–H and O–H groups in total. The van der Waals surface area contributed by atoms with Gasteiger partial charge < -0.3 is 0 Å². The van der Waals surface area contributed by atoms with Gasteiger partial charge in [-0.15, -0.1) is 0 Å². The first kappa shape index (κ1) is 17.2. The van der Waals surface area contributed by atoms with Gasteiger partial charge in [-0.1, -0.05) is 36.4 Å². The summed E-state index contributed by atoms with van der Waals surface area (Å²) in [7, 11) is 0. The van der Waals surface area contributed by atoms with Crippen LogP contribution in [0.5, 0.6) is 0 Å². The van der Waals surface area contributed by atoms with Crippen molar-refractivity contribution in [1.29, 1.82) is 0 Å². The quantitative estimate of drug-likeness (QED) is 0.156. The summed E-state index contributed by atoms with van der Waals surface area (Å²) in [6.45, 7) is 0.953. The van der Waals surface area contributed by atoms with E-state index in [0.29, 0.717) is 0 Å². The Balaban J connectivity index is 1.50. The highest BCUT2D eigenvalue weighted by Gasteiger charge is 2.14. The topological polar surface area (TPSA) is 47.0 Å². The van der Waals surface area contributed by atoms with Gasteiger partial charge in [-0.2, -0.15) is 4.57 Å². The molecule has 0 aliphatic heterocycles. The van der Waals surface area contributed by atoms with Gasteiger partial charge in [-0.25, -0.2) is 0 Å². The third-order valence-corrected chi connectivity index (χ3v) is 5.01. The second-order valence-corrected chi connectivity index (χ2v) is 6.79. The molecule has 4 heteroatoms. The number of nitrogens with zero attached hydrogens (tertiary/aromatic N) is 2. The lowest BCUT2D eigenvalue weighted by molar-refractivity contribution is -0.645. The van der Waals surface area contributed by atoms with Crippen LogP contribution in [0.2, 0.25) is 0 Å². The van der Waals surface area contributed by atoms with Gasteiger partial charge in [0.15, 0.2) is 0 Å². The van der Waals surface area contributed by atoms with Crippen molar-refractivity contribution < 1.29 is 9.49 Å². The van der Waals surface area contributed by atoms with E-state index in [-0.39, 0.29) is 10.6 Å². The molecule has 0 atom stereocenters. The fraction of sp³-hybridized carbons (Fsp3) is 0.174. The number of para-hydroxylation sites is 2. The Kier molecular flexibility index (Phi) is 4.79. The van der Waals surface area contributed by atoms with Gasteiger partial charge in [0.25, 0.3) is 5.69 Å². The molecule has 0 radical (unpaired) electrons. The van der Waals surface area contributed by atoms with Crippen molar-refractivity contribution in [3.05, 3.63) is 94.5 Å². The maximum Gasteiger partial charge on any atom is 0.269 e. The highest BCUT2D eigenvalue weighted by molar-refractivity contribution is 5.88. The number of benzene rings is 3. The molecule has 1 aromatic heterocycles. The van der Waals surface area contributed by atoms with Crippen LogP contribution in [0.1, 0.15) is 18.4 Å². The first-order chi connectivity index (χ1) is 13.2. The van der Waals surface area contributed by atoms with Crippen molar-refractivity contribution in [3.8, 4) is 0 Å². The maximum atomic E-state index is 10.7. The molecule has 4 nitrogen and oxygen atoms in total. The van der Waals surface area contributed by atoms with Crippen molar-refractivity contribution in [2.24, 2.45) is 0 Å². The molecule has 3 aromatic carbocycles. The van der Waals surface area contributed by atoms with Crippen molar-refractivity contribution in [1.82, 2.24) is 0 Å². The van der Waals surface area contributed by atoms with Crippen LogP contribution >= 0.6 is 0 Å². The lowest BCUT2D eigenvalue weighted by Gasteiger charge is -2.06. The molecule has 134 valence electrons. The number of pyridine rings is 1. The number of rotatable bonds is 6. The highest BCUT2D eigenvalue weighted by atomic mass is 16.6. The fourth-order valence-electron chi connectivity index (χ4n) is 3.63. The summed E-state index contributed by atoms with van der Waals surface area (Å²) in [5, 5.41) is 13.3. The summed E-state index contributed by atoms with van der Waals surface area (Å²) in [5.41, 5.74) is 3.81. The van der Waals surface area contributed by atoms with E-state index in [1.54, 1.807) is 12.1 Å². The normalized spacial score (nSPS) is 11.1. The van der Waals surface area contributed by atoms with Gasteiger partial charge in [0.1, 0.15) is 6.54 Å². The lowest BCUT2D eigenvalue weighted by atomic mass is 10.1. The highest BCUT2D eigenvalue weighted by Crippen LogP contribution is 2.18. The van der Waals surface area contributed by atoms with Crippen LogP contribution in [0.4, 0.5) is 5.69 Å². The largest absolute Gasteiger partial charge is 0.269 e. The molecule has 0 bridgehead atoms. The molecule has 0 saturated heterocycles. The molecule has 0 aliphatic carbocycles.